The van der Waals surface area contributed by atoms with Gasteiger partial charge in [-0.3, -0.25) is 15.0 Å². The van der Waals surface area contributed by atoms with Crippen LogP contribution in [0.3, 0.4) is 0 Å². The standard InChI is InChI=1S/C11H9FN2O2/c1-6-4-9(11(15)14-16)8-5-7(12)2-3-10(8)13-6/h2-5,16H,1H3,(H,14,15). The quantitative estimate of drug-likeness (QED) is 0.569. The molecule has 0 spiro atoms. The largest absolute Gasteiger partial charge is 0.288 e. The number of rotatable bonds is 1. The molecule has 0 unspecified atom stereocenters. The Morgan fingerprint density at radius 1 is 1.44 bits per heavy atom. The molecule has 1 aromatic carbocycles. The van der Waals surface area contributed by atoms with Crippen LogP contribution in [-0.4, -0.2) is 16.1 Å². The summed E-state index contributed by atoms with van der Waals surface area (Å²) in [4.78, 5) is 15.5. The van der Waals surface area contributed by atoms with Crippen molar-refractivity contribution < 1.29 is 14.4 Å². The number of aryl methyl sites for hydroxylation is 1. The fourth-order valence-corrected chi connectivity index (χ4v) is 1.58. The SMILES string of the molecule is Cc1cc(C(=O)NO)c2cc(F)ccc2n1. The minimum atomic E-state index is -0.680. The second-order valence-corrected chi connectivity index (χ2v) is 3.41. The lowest BCUT2D eigenvalue weighted by atomic mass is 10.1. The predicted molar refractivity (Wildman–Crippen MR) is 55.7 cm³/mol. The van der Waals surface area contributed by atoms with Crippen LogP contribution in [0, 0.1) is 12.7 Å². The Kier molecular flexibility index (Phi) is 2.54. The predicted octanol–water partition coefficient (Wildman–Crippen LogP) is 1.80. The Labute approximate surface area is 90.7 Å². The van der Waals surface area contributed by atoms with Crippen molar-refractivity contribution in [2.24, 2.45) is 0 Å². The summed E-state index contributed by atoms with van der Waals surface area (Å²) >= 11 is 0. The molecule has 82 valence electrons. The molecule has 0 radical (unpaired) electrons. The first-order chi connectivity index (χ1) is 7.61. The molecule has 2 aromatic rings. The molecule has 2 N–H and O–H groups in total. The van der Waals surface area contributed by atoms with Crippen LogP contribution in [0.25, 0.3) is 10.9 Å². The number of carbonyl (C=O) groups is 1. The van der Waals surface area contributed by atoms with Crippen LogP contribution in [0.4, 0.5) is 4.39 Å². The normalized spacial score (nSPS) is 10.4. The summed E-state index contributed by atoms with van der Waals surface area (Å²) in [5.74, 6) is -1.13. The van der Waals surface area contributed by atoms with Gasteiger partial charge in [-0.15, -0.1) is 0 Å². The van der Waals surface area contributed by atoms with Crippen LogP contribution in [0.15, 0.2) is 24.3 Å². The number of fused-ring (bicyclic) bond motifs is 1. The Hall–Kier alpha value is -2.01. The van der Waals surface area contributed by atoms with E-state index in [-0.39, 0.29) is 5.56 Å². The first-order valence-electron chi connectivity index (χ1n) is 4.63. The maximum atomic E-state index is 13.1. The number of halogens is 1. The third kappa shape index (κ3) is 1.72. The molecule has 4 nitrogen and oxygen atoms in total. The van der Waals surface area contributed by atoms with Crippen LogP contribution in [0.2, 0.25) is 0 Å². The Morgan fingerprint density at radius 2 is 2.19 bits per heavy atom. The highest BCUT2D eigenvalue weighted by molar-refractivity contribution is 6.05. The number of hydrogen-bond acceptors (Lipinski definition) is 3. The van der Waals surface area contributed by atoms with Crippen LogP contribution >= 0.6 is 0 Å². The van der Waals surface area contributed by atoms with Gasteiger partial charge in [-0.2, -0.15) is 0 Å². The molecule has 1 heterocycles. The zero-order valence-electron chi connectivity index (χ0n) is 8.49. The molecule has 0 saturated carbocycles. The van der Waals surface area contributed by atoms with E-state index in [0.29, 0.717) is 16.6 Å². The van der Waals surface area contributed by atoms with E-state index in [1.54, 1.807) is 6.92 Å². The van der Waals surface area contributed by atoms with Crippen LogP contribution < -0.4 is 5.48 Å². The van der Waals surface area contributed by atoms with Gasteiger partial charge in [0.15, 0.2) is 0 Å². The second kappa shape index (κ2) is 3.86. The van der Waals surface area contributed by atoms with E-state index in [2.05, 4.69) is 4.98 Å². The fourth-order valence-electron chi connectivity index (χ4n) is 1.58. The van der Waals surface area contributed by atoms with E-state index in [1.165, 1.54) is 29.7 Å². The second-order valence-electron chi connectivity index (χ2n) is 3.41. The summed E-state index contributed by atoms with van der Waals surface area (Å²) in [5, 5.41) is 8.97. The molecule has 0 bridgehead atoms. The molecule has 0 atom stereocenters. The molecule has 1 amide bonds. The zero-order chi connectivity index (χ0) is 11.7. The number of nitrogens with one attached hydrogen (secondary N) is 1. The minimum Gasteiger partial charge on any atom is -0.288 e. The first kappa shape index (κ1) is 10.5. The van der Waals surface area contributed by atoms with Gasteiger partial charge in [-0.1, -0.05) is 0 Å². The number of benzene rings is 1. The smallest absolute Gasteiger partial charge is 0.275 e. The van der Waals surface area contributed by atoms with E-state index in [9.17, 15) is 9.18 Å². The van der Waals surface area contributed by atoms with E-state index < -0.39 is 11.7 Å². The van der Waals surface area contributed by atoms with Crippen molar-refractivity contribution >= 4 is 16.8 Å². The number of aromatic nitrogens is 1. The molecule has 2 rings (SSSR count). The Balaban J connectivity index is 2.79. The summed E-state index contributed by atoms with van der Waals surface area (Å²) in [6.07, 6.45) is 0. The van der Waals surface area contributed by atoms with E-state index in [0.717, 1.165) is 0 Å². The Morgan fingerprint density at radius 3 is 2.88 bits per heavy atom. The highest BCUT2D eigenvalue weighted by atomic mass is 19.1. The number of amides is 1. The van der Waals surface area contributed by atoms with Crippen molar-refractivity contribution in [1.82, 2.24) is 10.5 Å². The lowest BCUT2D eigenvalue weighted by Gasteiger charge is -2.05. The lowest BCUT2D eigenvalue weighted by Crippen LogP contribution is -2.19. The summed E-state index contributed by atoms with van der Waals surface area (Å²) < 4.78 is 13.1. The molecule has 1 aromatic heterocycles. The van der Waals surface area contributed by atoms with Crippen molar-refractivity contribution in [1.29, 1.82) is 0 Å². The summed E-state index contributed by atoms with van der Waals surface area (Å²) in [5.41, 5.74) is 2.87. The van der Waals surface area contributed by atoms with Crippen molar-refractivity contribution in [2.45, 2.75) is 6.92 Å². The third-order valence-corrected chi connectivity index (χ3v) is 2.24. The van der Waals surface area contributed by atoms with Crippen molar-refractivity contribution in [3.05, 3.63) is 41.3 Å². The van der Waals surface area contributed by atoms with Crippen LogP contribution in [-0.2, 0) is 0 Å². The van der Waals surface area contributed by atoms with E-state index in [4.69, 9.17) is 5.21 Å². The van der Waals surface area contributed by atoms with Gasteiger partial charge in [0.1, 0.15) is 5.82 Å². The number of carbonyl (C=O) groups excluding carboxylic acids is 1. The molecule has 0 aliphatic heterocycles. The molecule has 0 aliphatic carbocycles. The summed E-state index contributed by atoms with van der Waals surface area (Å²) in [6.45, 7) is 1.72. The molecular weight excluding hydrogens is 211 g/mol. The number of hydrogen-bond donors (Lipinski definition) is 2. The average Bonchev–Trinajstić information content (AvgIpc) is 2.27. The van der Waals surface area contributed by atoms with Crippen LogP contribution in [0.1, 0.15) is 16.1 Å². The highest BCUT2D eigenvalue weighted by Gasteiger charge is 2.11. The van der Waals surface area contributed by atoms with Gasteiger partial charge in [0.2, 0.25) is 0 Å². The zero-order valence-corrected chi connectivity index (χ0v) is 8.49. The Bertz CT molecular complexity index is 569. The first-order valence-corrected chi connectivity index (χ1v) is 4.63. The number of hydroxylamine groups is 1. The van der Waals surface area contributed by atoms with Crippen molar-refractivity contribution in [3.63, 3.8) is 0 Å². The van der Waals surface area contributed by atoms with E-state index in [1.807, 2.05) is 0 Å². The highest BCUT2D eigenvalue weighted by Crippen LogP contribution is 2.19. The fraction of sp³-hybridized carbons (Fsp3) is 0.0909. The summed E-state index contributed by atoms with van der Waals surface area (Å²) in [6, 6.07) is 5.47. The van der Waals surface area contributed by atoms with E-state index >= 15 is 0 Å². The van der Waals surface area contributed by atoms with Crippen molar-refractivity contribution in [3.8, 4) is 0 Å². The molecule has 0 saturated heterocycles. The monoisotopic (exact) mass is 220 g/mol. The summed E-state index contributed by atoms with van der Waals surface area (Å²) in [7, 11) is 0. The van der Waals surface area contributed by atoms with Gasteiger partial charge in [0.25, 0.3) is 5.91 Å². The number of pyridine rings is 1. The van der Waals surface area contributed by atoms with Crippen LogP contribution in [0.5, 0.6) is 0 Å². The third-order valence-electron chi connectivity index (χ3n) is 2.24. The molecule has 0 aliphatic rings. The van der Waals surface area contributed by atoms with Crippen molar-refractivity contribution in [2.75, 3.05) is 0 Å². The lowest BCUT2D eigenvalue weighted by molar-refractivity contribution is 0.0708. The van der Waals surface area contributed by atoms with Gasteiger partial charge in [-0.25, -0.2) is 9.87 Å². The van der Waals surface area contributed by atoms with Gasteiger partial charge in [-0.05, 0) is 31.2 Å². The van der Waals surface area contributed by atoms with Gasteiger partial charge >= 0.3 is 0 Å². The van der Waals surface area contributed by atoms with Gasteiger partial charge < -0.3 is 0 Å². The maximum Gasteiger partial charge on any atom is 0.275 e. The molecule has 16 heavy (non-hydrogen) atoms. The molecule has 0 fully saturated rings. The topological polar surface area (TPSA) is 62.2 Å². The van der Waals surface area contributed by atoms with Gasteiger partial charge in [0, 0.05) is 11.1 Å². The molecular formula is C11H9FN2O2. The average molecular weight is 220 g/mol. The maximum absolute atomic E-state index is 13.1. The minimum absolute atomic E-state index is 0.199. The van der Waals surface area contributed by atoms with Gasteiger partial charge in [0.05, 0.1) is 11.1 Å². The number of nitrogens with zero attached hydrogens (tertiary/aromatic N) is 1. The molecule has 5 heteroatoms.